The number of benzene rings is 2. The molecule has 0 fully saturated rings. The smallest absolute Gasteiger partial charge is 0.124 e. The van der Waals surface area contributed by atoms with Crippen LogP contribution in [0.2, 0.25) is 0 Å². The predicted octanol–water partition coefficient (Wildman–Crippen LogP) is 4.00. The van der Waals surface area contributed by atoms with Crippen molar-refractivity contribution in [1.82, 2.24) is 5.32 Å². The lowest BCUT2D eigenvalue weighted by Gasteiger charge is -2.15. The fourth-order valence-electron chi connectivity index (χ4n) is 2.43. The van der Waals surface area contributed by atoms with E-state index in [9.17, 15) is 0 Å². The van der Waals surface area contributed by atoms with Crippen molar-refractivity contribution in [3.8, 4) is 5.75 Å². The molecule has 0 amide bonds. The van der Waals surface area contributed by atoms with Crippen molar-refractivity contribution in [2.45, 2.75) is 26.8 Å². The van der Waals surface area contributed by atoms with Gasteiger partial charge in [0.1, 0.15) is 5.75 Å². The summed E-state index contributed by atoms with van der Waals surface area (Å²) >= 11 is 0. The zero-order chi connectivity index (χ0) is 15.8. The quantitative estimate of drug-likeness (QED) is 0.710. The first-order valence-corrected chi connectivity index (χ1v) is 8.05. The lowest BCUT2D eigenvalue weighted by Crippen LogP contribution is -2.19. The molecule has 2 rings (SSSR count). The molecule has 0 unspecified atom stereocenters. The van der Waals surface area contributed by atoms with Gasteiger partial charge in [-0.05, 0) is 29.2 Å². The summed E-state index contributed by atoms with van der Waals surface area (Å²) in [7, 11) is 1.72. The third kappa shape index (κ3) is 4.72. The predicted molar refractivity (Wildman–Crippen MR) is 92.5 cm³/mol. The highest BCUT2D eigenvalue weighted by molar-refractivity contribution is 5.87. The Bertz CT molecular complexity index is 581. The van der Waals surface area contributed by atoms with E-state index in [1.807, 2.05) is 0 Å². The highest BCUT2D eigenvalue weighted by Crippen LogP contribution is 2.28. The third-order valence-electron chi connectivity index (χ3n) is 3.74. The van der Waals surface area contributed by atoms with Crippen LogP contribution in [0.25, 0.3) is 10.8 Å². The average molecular weight is 301 g/mol. The van der Waals surface area contributed by atoms with E-state index < -0.39 is 0 Å². The van der Waals surface area contributed by atoms with Gasteiger partial charge in [-0.25, -0.2) is 0 Å². The maximum Gasteiger partial charge on any atom is 0.124 e. The van der Waals surface area contributed by atoms with Crippen LogP contribution in [-0.4, -0.2) is 26.9 Å². The molecule has 22 heavy (non-hydrogen) atoms. The van der Waals surface area contributed by atoms with Gasteiger partial charge in [0.05, 0.1) is 13.2 Å². The topological polar surface area (TPSA) is 30.5 Å². The molecular formula is C19H27NO2. The van der Waals surface area contributed by atoms with E-state index in [2.05, 4.69) is 55.6 Å². The molecule has 0 spiro atoms. The Morgan fingerprint density at radius 3 is 2.64 bits per heavy atom. The molecule has 0 aliphatic rings. The second-order valence-electron chi connectivity index (χ2n) is 5.96. The first-order chi connectivity index (χ1) is 10.7. The fourth-order valence-corrected chi connectivity index (χ4v) is 2.43. The van der Waals surface area contributed by atoms with Gasteiger partial charge in [0, 0.05) is 25.8 Å². The van der Waals surface area contributed by atoms with E-state index in [-0.39, 0.29) is 0 Å². The first kappa shape index (κ1) is 16.8. The van der Waals surface area contributed by atoms with Crippen molar-refractivity contribution in [1.29, 1.82) is 0 Å². The maximum absolute atomic E-state index is 6.04. The van der Waals surface area contributed by atoms with Gasteiger partial charge in [0.2, 0.25) is 0 Å². The third-order valence-corrected chi connectivity index (χ3v) is 3.74. The number of hydrogen-bond acceptors (Lipinski definition) is 3. The van der Waals surface area contributed by atoms with E-state index in [0.717, 1.165) is 31.9 Å². The summed E-state index contributed by atoms with van der Waals surface area (Å²) in [5.74, 6) is 1.65. The molecule has 3 nitrogen and oxygen atoms in total. The van der Waals surface area contributed by atoms with Crippen molar-refractivity contribution < 1.29 is 9.47 Å². The number of methoxy groups -OCH3 is 1. The lowest BCUT2D eigenvalue weighted by molar-refractivity contribution is 0.199. The number of hydrogen-bond donors (Lipinski definition) is 1. The average Bonchev–Trinajstić information content (AvgIpc) is 2.52. The van der Waals surface area contributed by atoms with Crippen LogP contribution >= 0.6 is 0 Å². The first-order valence-electron chi connectivity index (χ1n) is 8.05. The second kappa shape index (κ2) is 8.76. The van der Waals surface area contributed by atoms with E-state index in [0.29, 0.717) is 12.5 Å². The number of nitrogens with one attached hydrogen (secondary N) is 1. The Labute approximate surface area is 133 Å². The van der Waals surface area contributed by atoms with Crippen LogP contribution in [0.1, 0.15) is 25.8 Å². The summed E-state index contributed by atoms with van der Waals surface area (Å²) < 4.78 is 11.1. The zero-order valence-corrected chi connectivity index (χ0v) is 13.9. The molecule has 0 radical (unpaired) electrons. The van der Waals surface area contributed by atoms with Gasteiger partial charge in [-0.2, -0.15) is 0 Å². The molecule has 3 heteroatoms. The molecule has 0 saturated heterocycles. The van der Waals surface area contributed by atoms with Crippen molar-refractivity contribution >= 4 is 10.8 Å². The highest BCUT2D eigenvalue weighted by Gasteiger charge is 2.09. The SMILES string of the molecule is COCCNCc1c(OCCC(C)C)ccc2ccccc12. The molecule has 0 aliphatic heterocycles. The maximum atomic E-state index is 6.04. The normalized spacial score (nSPS) is 11.3. The molecule has 2 aromatic rings. The lowest BCUT2D eigenvalue weighted by atomic mass is 10.0. The molecule has 0 aromatic heterocycles. The van der Waals surface area contributed by atoms with Crippen molar-refractivity contribution in [3.63, 3.8) is 0 Å². The number of ether oxygens (including phenoxy) is 2. The molecule has 0 bridgehead atoms. The Hall–Kier alpha value is -1.58. The van der Waals surface area contributed by atoms with E-state index >= 15 is 0 Å². The van der Waals surface area contributed by atoms with Gasteiger partial charge >= 0.3 is 0 Å². The summed E-state index contributed by atoms with van der Waals surface area (Å²) in [5, 5.41) is 5.94. The van der Waals surface area contributed by atoms with E-state index in [1.54, 1.807) is 7.11 Å². The van der Waals surface area contributed by atoms with Gasteiger partial charge < -0.3 is 14.8 Å². The fraction of sp³-hybridized carbons (Fsp3) is 0.474. The number of rotatable bonds is 9. The Kier molecular flexibility index (Phi) is 6.69. The number of fused-ring (bicyclic) bond motifs is 1. The summed E-state index contributed by atoms with van der Waals surface area (Å²) in [6, 6.07) is 12.7. The molecule has 2 aromatic carbocycles. The molecule has 0 saturated carbocycles. The van der Waals surface area contributed by atoms with Gasteiger partial charge in [-0.1, -0.05) is 44.2 Å². The summed E-state index contributed by atoms with van der Waals surface area (Å²) in [6.07, 6.45) is 1.07. The van der Waals surface area contributed by atoms with Gasteiger partial charge in [-0.15, -0.1) is 0 Å². The van der Waals surface area contributed by atoms with Crippen molar-refractivity contribution in [3.05, 3.63) is 42.0 Å². The van der Waals surface area contributed by atoms with Crippen LogP contribution in [0, 0.1) is 5.92 Å². The Morgan fingerprint density at radius 2 is 1.86 bits per heavy atom. The minimum atomic E-state index is 0.656. The van der Waals surface area contributed by atoms with Gasteiger partial charge in [0.15, 0.2) is 0 Å². The highest BCUT2D eigenvalue weighted by atomic mass is 16.5. The molecular weight excluding hydrogens is 274 g/mol. The van der Waals surface area contributed by atoms with E-state index in [1.165, 1.54) is 16.3 Å². The van der Waals surface area contributed by atoms with Crippen LogP contribution in [0.4, 0.5) is 0 Å². The Balaban J connectivity index is 2.17. The van der Waals surface area contributed by atoms with Crippen molar-refractivity contribution in [2.75, 3.05) is 26.9 Å². The summed E-state index contributed by atoms with van der Waals surface area (Å²) in [4.78, 5) is 0. The van der Waals surface area contributed by atoms with Crippen molar-refractivity contribution in [2.24, 2.45) is 5.92 Å². The molecule has 1 N–H and O–H groups in total. The van der Waals surface area contributed by atoms with Crippen LogP contribution < -0.4 is 10.1 Å². The largest absolute Gasteiger partial charge is 0.493 e. The summed E-state index contributed by atoms with van der Waals surface area (Å²) in [5.41, 5.74) is 1.23. The van der Waals surface area contributed by atoms with Crippen LogP contribution in [0.5, 0.6) is 5.75 Å². The minimum Gasteiger partial charge on any atom is -0.493 e. The Morgan fingerprint density at radius 1 is 1.05 bits per heavy atom. The second-order valence-corrected chi connectivity index (χ2v) is 5.96. The van der Waals surface area contributed by atoms with Crippen LogP contribution in [0.15, 0.2) is 36.4 Å². The molecule has 120 valence electrons. The molecule has 0 aliphatic carbocycles. The molecule has 0 heterocycles. The minimum absolute atomic E-state index is 0.656. The van der Waals surface area contributed by atoms with Crippen LogP contribution in [-0.2, 0) is 11.3 Å². The summed E-state index contributed by atoms with van der Waals surface area (Å²) in [6.45, 7) is 7.55. The monoisotopic (exact) mass is 301 g/mol. The van der Waals surface area contributed by atoms with Crippen LogP contribution in [0.3, 0.4) is 0 Å². The standard InChI is InChI=1S/C19H27NO2/c1-15(2)10-12-22-19-9-8-16-6-4-5-7-17(16)18(19)14-20-11-13-21-3/h4-9,15,20H,10-14H2,1-3H3. The van der Waals surface area contributed by atoms with E-state index in [4.69, 9.17) is 9.47 Å². The van der Waals surface area contributed by atoms with Gasteiger partial charge in [-0.3, -0.25) is 0 Å². The van der Waals surface area contributed by atoms with Gasteiger partial charge in [0.25, 0.3) is 0 Å². The zero-order valence-electron chi connectivity index (χ0n) is 13.9. The molecule has 0 atom stereocenters.